The standard InChI is InChI=1S/C12H13N3O3/c1-15-9(7-13-14-15)11(16)8-3-2-4-10-12(8)18-6-5-17-10/h2-4,7,11,16H,5-6H2,1H3. The van der Waals surface area contributed by atoms with Crippen LogP contribution in [0.25, 0.3) is 0 Å². The first-order valence-corrected chi connectivity index (χ1v) is 5.68. The van der Waals surface area contributed by atoms with Crippen LogP contribution in [0.2, 0.25) is 0 Å². The molecular formula is C12H13N3O3. The van der Waals surface area contributed by atoms with Gasteiger partial charge in [-0.25, -0.2) is 4.68 Å². The lowest BCUT2D eigenvalue weighted by atomic mass is 10.0. The summed E-state index contributed by atoms with van der Waals surface area (Å²) in [5.41, 5.74) is 1.27. The first-order chi connectivity index (χ1) is 8.77. The topological polar surface area (TPSA) is 69.4 Å². The van der Waals surface area contributed by atoms with Crippen molar-refractivity contribution in [2.75, 3.05) is 13.2 Å². The molecule has 1 aliphatic rings. The fourth-order valence-electron chi connectivity index (χ4n) is 2.02. The molecule has 1 aromatic heterocycles. The summed E-state index contributed by atoms with van der Waals surface area (Å²) in [4.78, 5) is 0. The molecule has 2 heterocycles. The van der Waals surface area contributed by atoms with Gasteiger partial charge in [-0.2, -0.15) is 0 Å². The predicted molar refractivity (Wildman–Crippen MR) is 62.5 cm³/mol. The van der Waals surface area contributed by atoms with E-state index in [1.54, 1.807) is 7.05 Å². The number of nitrogens with zero attached hydrogens (tertiary/aromatic N) is 3. The molecule has 18 heavy (non-hydrogen) atoms. The third-order valence-corrected chi connectivity index (χ3v) is 2.92. The molecule has 0 fully saturated rings. The second-order valence-corrected chi connectivity index (χ2v) is 4.06. The lowest BCUT2D eigenvalue weighted by Crippen LogP contribution is -2.18. The predicted octanol–water partition coefficient (Wildman–Crippen LogP) is 0.668. The van der Waals surface area contributed by atoms with Crippen LogP contribution in [0.5, 0.6) is 11.5 Å². The number of ether oxygens (including phenoxy) is 2. The first kappa shape index (κ1) is 11.0. The van der Waals surface area contributed by atoms with Crippen LogP contribution in [0.3, 0.4) is 0 Å². The Morgan fingerprint density at radius 3 is 2.94 bits per heavy atom. The number of aromatic nitrogens is 3. The number of rotatable bonds is 2. The van der Waals surface area contributed by atoms with Crippen molar-refractivity contribution in [3.63, 3.8) is 0 Å². The second kappa shape index (κ2) is 4.30. The van der Waals surface area contributed by atoms with Gasteiger partial charge in [0.25, 0.3) is 0 Å². The van der Waals surface area contributed by atoms with Crippen LogP contribution >= 0.6 is 0 Å². The highest BCUT2D eigenvalue weighted by atomic mass is 16.6. The molecule has 1 unspecified atom stereocenters. The van der Waals surface area contributed by atoms with Crippen LogP contribution in [-0.4, -0.2) is 33.3 Å². The summed E-state index contributed by atoms with van der Waals surface area (Å²) in [6.07, 6.45) is 0.704. The van der Waals surface area contributed by atoms with Gasteiger partial charge in [0, 0.05) is 12.6 Å². The highest BCUT2D eigenvalue weighted by Crippen LogP contribution is 2.38. The van der Waals surface area contributed by atoms with Crippen LogP contribution in [-0.2, 0) is 7.05 Å². The molecule has 0 aliphatic carbocycles. The molecule has 6 heteroatoms. The SMILES string of the molecule is Cn1nncc1C(O)c1cccc2c1OCCO2. The van der Waals surface area contributed by atoms with Gasteiger partial charge in [-0.3, -0.25) is 0 Å². The van der Waals surface area contributed by atoms with E-state index in [0.29, 0.717) is 36.0 Å². The molecule has 6 nitrogen and oxygen atoms in total. The van der Waals surface area contributed by atoms with Gasteiger partial charge in [0.15, 0.2) is 11.5 Å². The number of fused-ring (bicyclic) bond motifs is 1. The molecule has 1 N–H and O–H groups in total. The van der Waals surface area contributed by atoms with Gasteiger partial charge in [-0.1, -0.05) is 17.3 Å². The largest absolute Gasteiger partial charge is 0.486 e. The third-order valence-electron chi connectivity index (χ3n) is 2.92. The number of aliphatic hydroxyl groups is 1. The minimum Gasteiger partial charge on any atom is -0.486 e. The highest BCUT2D eigenvalue weighted by Gasteiger charge is 2.23. The number of aryl methyl sites for hydroxylation is 1. The number of benzene rings is 1. The molecule has 2 aromatic rings. The van der Waals surface area contributed by atoms with Gasteiger partial charge < -0.3 is 14.6 Å². The van der Waals surface area contributed by atoms with E-state index in [1.165, 1.54) is 10.9 Å². The zero-order valence-electron chi connectivity index (χ0n) is 9.91. The summed E-state index contributed by atoms with van der Waals surface area (Å²) in [7, 11) is 1.73. The Morgan fingerprint density at radius 1 is 1.33 bits per heavy atom. The van der Waals surface area contributed by atoms with Crippen molar-refractivity contribution in [2.24, 2.45) is 7.05 Å². The van der Waals surface area contributed by atoms with Crippen molar-refractivity contribution < 1.29 is 14.6 Å². The molecule has 0 spiro atoms. The molecular weight excluding hydrogens is 234 g/mol. The van der Waals surface area contributed by atoms with Crippen molar-refractivity contribution in [2.45, 2.75) is 6.10 Å². The van der Waals surface area contributed by atoms with Crippen LogP contribution in [0.4, 0.5) is 0 Å². The molecule has 1 aromatic carbocycles. The maximum atomic E-state index is 10.4. The second-order valence-electron chi connectivity index (χ2n) is 4.06. The summed E-state index contributed by atoms with van der Waals surface area (Å²) in [6, 6.07) is 5.47. The van der Waals surface area contributed by atoms with E-state index in [4.69, 9.17) is 9.47 Å². The Balaban J connectivity index is 2.04. The maximum Gasteiger partial charge on any atom is 0.167 e. The minimum absolute atomic E-state index is 0.486. The summed E-state index contributed by atoms with van der Waals surface area (Å²) in [5, 5.41) is 18.0. The maximum absolute atomic E-state index is 10.4. The van der Waals surface area contributed by atoms with Crippen LogP contribution in [0, 0.1) is 0 Å². The molecule has 0 saturated carbocycles. The van der Waals surface area contributed by atoms with Crippen LogP contribution in [0.15, 0.2) is 24.4 Å². The number of hydrogen-bond acceptors (Lipinski definition) is 5. The Kier molecular flexibility index (Phi) is 2.64. The fourth-order valence-corrected chi connectivity index (χ4v) is 2.02. The molecule has 1 atom stereocenters. The summed E-state index contributed by atoms with van der Waals surface area (Å²) in [6.45, 7) is 1.01. The summed E-state index contributed by atoms with van der Waals surface area (Å²) < 4.78 is 12.6. The number of aliphatic hydroxyl groups excluding tert-OH is 1. The van der Waals surface area contributed by atoms with Crippen molar-refractivity contribution in [3.05, 3.63) is 35.7 Å². The molecule has 0 amide bonds. The number of hydrogen-bond donors (Lipinski definition) is 1. The van der Waals surface area contributed by atoms with Crippen LogP contribution in [0.1, 0.15) is 17.4 Å². The van der Waals surface area contributed by atoms with Gasteiger partial charge in [-0.05, 0) is 6.07 Å². The monoisotopic (exact) mass is 247 g/mol. The van der Waals surface area contributed by atoms with Gasteiger partial charge in [0.1, 0.15) is 19.3 Å². The van der Waals surface area contributed by atoms with Crippen molar-refractivity contribution in [3.8, 4) is 11.5 Å². The average Bonchev–Trinajstić information content (AvgIpc) is 2.83. The third kappa shape index (κ3) is 1.70. The smallest absolute Gasteiger partial charge is 0.167 e. The Bertz CT molecular complexity index is 567. The van der Waals surface area contributed by atoms with E-state index in [9.17, 15) is 5.11 Å². The van der Waals surface area contributed by atoms with E-state index in [0.717, 1.165) is 0 Å². The number of para-hydroxylation sites is 1. The lowest BCUT2D eigenvalue weighted by Gasteiger charge is -2.22. The molecule has 0 saturated heterocycles. The van der Waals surface area contributed by atoms with E-state index < -0.39 is 6.10 Å². The Morgan fingerprint density at radius 2 is 2.17 bits per heavy atom. The Labute approximate surface area is 104 Å². The van der Waals surface area contributed by atoms with E-state index >= 15 is 0 Å². The zero-order valence-corrected chi connectivity index (χ0v) is 9.91. The first-order valence-electron chi connectivity index (χ1n) is 5.68. The summed E-state index contributed by atoms with van der Waals surface area (Å²) in [5.74, 6) is 1.25. The van der Waals surface area contributed by atoms with Crippen molar-refractivity contribution >= 4 is 0 Å². The van der Waals surface area contributed by atoms with Gasteiger partial charge >= 0.3 is 0 Å². The van der Waals surface area contributed by atoms with Crippen molar-refractivity contribution in [1.82, 2.24) is 15.0 Å². The van der Waals surface area contributed by atoms with Gasteiger partial charge in [0.05, 0.1) is 11.9 Å². The molecule has 94 valence electrons. The minimum atomic E-state index is -0.832. The molecule has 1 aliphatic heterocycles. The van der Waals surface area contributed by atoms with E-state index in [1.807, 2.05) is 18.2 Å². The normalized spacial score (nSPS) is 15.4. The quantitative estimate of drug-likeness (QED) is 0.844. The van der Waals surface area contributed by atoms with Gasteiger partial charge in [0.2, 0.25) is 0 Å². The summed E-state index contributed by atoms with van der Waals surface area (Å²) >= 11 is 0. The van der Waals surface area contributed by atoms with Crippen LogP contribution < -0.4 is 9.47 Å². The zero-order chi connectivity index (χ0) is 12.5. The molecule has 3 rings (SSSR count). The average molecular weight is 247 g/mol. The van der Waals surface area contributed by atoms with Crippen molar-refractivity contribution in [1.29, 1.82) is 0 Å². The Hall–Kier alpha value is -2.08. The highest BCUT2D eigenvalue weighted by molar-refractivity contribution is 5.49. The van der Waals surface area contributed by atoms with Gasteiger partial charge in [-0.15, -0.1) is 5.10 Å². The fraction of sp³-hybridized carbons (Fsp3) is 0.333. The van der Waals surface area contributed by atoms with E-state index in [2.05, 4.69) is 10.3 Å². The molecule has 0 bridgehead atoms. The van der Waals surface area contributed by atoms with E-state index in [-0.39, 0.29) is 0 Å². The lowest BCUT2D eigenvalue weighted by molar-refractivity contribution is 0.156. The molecule has 0 radical (unpaired) electrons.